The number of nitrogens with one attached hydrogen (secondary N) is 1. The van der Waals surface area contributed by atoms with Crippen molar-refractivity contribution in [2.45, 2.75) is 18.9 Å². The third-order valence-electron chi connectivity index (χ3n) is 2.21. The van der Waals surface area contributed by atoms with Crippen molar-refractivity contribution in [2.75, 3.05) is 13.1 Å². The number of ether oxygens (including phenoxy) is 1. The molecule has 0 aromatic carbocycles. The Hall–Kier alpha value is -1.09. The maximum Gasteiger partial charge on any atom is 0.213 e. The van der Waals surface area contributed by atoms with Crippen LogP contribution in [0.4, 0.5) is 0 Å². The van der Waals surface area contributed by atoms with Crippen molar-refractivity contribution in [3.8, 4) is 5.88 Å². The largest absolute Gasteiger partial charge is 0.474 e. The van der Waals surface area contributed by atoms with Gasteiger partial charge < -0.3 is 10.1 Å². The topological polar surface area (TPSA) is 34.1 Å². The van der Waals surface area contributed by atoms with E-state index < -0.39 is 0 Å². The quantitative estimate of drug-likeness (QED) is 0.739. The molecule has 0 unspecified atom stereocenters. The highest BCUT2D eigenvalue weighted by atomic mass is 16.5. The third kappa shape index (κ3) is 2.42. The summed E-state index contributed by atoms with van der Waals surface area (Å²) in [6, 6.07) is 5.75. The molecule has 2 heterocycles. The molecule has 13 heavy (non-hydrogen) atoms. The third-order valence-corrected chi connectivity index (χ3v) is 2.21. The van der Waals surface area contributed by atoms with Crippen LogP contribution >= 0.6 is 0 Å². The van der Waals surface area contributed by atoms with Crippen molar-refractivity contribution in [3.63, 3.8) is 0 Å². The second-order valence-electron chi connectivity index (χ2n) is 3.24. The van der Waals surface area contributed by atoms with Crippen LogP contribution in [0.3, 0.4) is 0 Å². The average Bonchev–Trinajstić information content (AvgIpc) is 2.21. The Morgan fingerprint density at radius 2 is 2.15 bits per heavy atom. The summed E-state index contributed by atoms with van der Waals surface area (Å²) < 4.78 is 5.70. The van der Waals surface area contributed by atoms with Crippen LogP contribution in [0.25, 0.3) is 0 Å². The van der Waals surface area contributed by atoms with Gasteiger partial charge in [-0.15, -0.1) is 0 Å². The summed E-state index contributed by atoms with van der Waals surface area (Å²) >= 11 is 0. The van der Waals surface area contributed by atoms with Crippen LogP contribution < -0.4 is 10.1 Å². The highest BCUT2D eigenvalue weighted by Gasteiger charge is 2.14. The summed E-state index contributed by atoms with van der Waals surface area (Å²) in [6.45, 7) is 2.11. The molecule has 0 atom stereocenters. The number of rotatable bonds is 2. The van der Waals surface area contributed by atoms with Gasteiger partial charge in [0.05, 0.1) is 0 Å². The normalized spacial score (nSPS) is 18.5. The van der Waals surface area contributed by atoms with Crippen LogP contribution in [0.1, 0.15) is 12.8 Å². The van der Waals surface area contributed by atoms with Gasteiger partial charge >= 0.3 is 0 Å². The summed E-state index contributed by atoms with van der Waals surface area (Å²) in [5, 5.41) is 3.30. The van der Waals surface area contributed by atoms with Crippen molar-refractivity contribution < 1.29 is 4.74 Å². The maximum atomic E-state index is 5.70. The zero-order valence-electron chi connectivity index (χ0n) is 7.57. The Labute approximate surface area is 78.1 Å². The minimum absolute atomic E-state index is 0.344. The fourth-order valence-corrected chi connectivity index (χ4v) is 1.50. The SMILES string of the molecule is c1ccc(OC2CCNCC2)nc1. The van der Waals surface area contributed by atoms with E-state index in [0.29, 0.717) is 6.10 Å². The van der Waals surface area contributed by atoms with Crippen LogP contribution in [0.5, 0.6) is 5.88 Å². The van der Waals surface area contributed by atoms with E-state index in [0.717, 1.165) is 31.8 Å². The number of nitrogens with zero attached hydrogens (tertiary/aromatic N) is 1. The van der Waals surface area contributed by atoms with Gasteiger partial charge in [0, 0.05) is 12.3 Å². The lowest BCUT2D eigenvalue weighted by molar-refractivity contribution is 0.156. The van der Waals surface area contributed by atoms with E-state index >= 15 is 0 Å². The van der Waals surface area contributed by atoms with Crippen LogP contribution in [-0.2, 0) is 0 Å². The first-order valence-electron chi connectivity index (χ1n) is 4.73. The second kappa shape index (κ2) is 4.23. The fraction of sp³-hybridized carbons (Fsp3) is 0.500. The Morgan fingerprint density at radius 3 is 2.85 bits per heavy atom. The molecule has 0 amide bonds. The molecule has 70 valence electrons. The minimum Gasteiger partial charge on any atom is -0.474 e. The molecule has 3 heteroatoms. The Morgan fingerprint density at radius 1 is 1.31 bits per heavy atom. The summed E-state index contributed by atoms with van der Waals surface area (Å²) in [5.41, 5.74) is 0. The first kappa shape index (κ1) is 8.51. The van der Waals surface area contributed by atoms with Gasteiger partial charge in [-0.05, 0) is 32.0 Å². The van der Waals surface area contributed by atoms with Gasteiger partial charge in [0.25, 0.3) is 0 Å². The van der Waals surface area contributed by atoms with Crippen LogP contribution in [0.2, 0.25) is 0 Å². The first-order chi connectivity index (χ1) is 6.45. The molecule has 1 aliphatic heterocycles. The van der Waals surface area contributed by atoms with Gasteiger partial charge in [0.15, 0.2) is 0 Å². The zero-order chi connectivity index (χ0) is 8.93. The van der Waals surface area contributed by atoms with E-state index in [1.807, 2.05) is 18.2 Å². The summed E-state index contributed by atoms with van der Waals surface area (Å²) in [6.07, 6.45) is 4.26. The first-order valence-corrected chi connectivity index (χ1v) is 4.73. The van der Waals surface area contributed by atoms with Crippen molar-refractivity contribution >= 4 is 0 Å². The van der Waals surface area contributed by atoms with E-state index in [2.05, 4.69) is 10.3 Å². The van der Waals surface area contributed by atoms with Crippen molar-refractivity contribution in [1.82, 2.24) is 10.3 Å². The molecule has 1 fully saturated rings. The van der Waals surface area contributed by atoms with E-state index in [9.17, 15) is 0 Å². The van der Waals surface area contributed by atoms with Gasteiger partial charge in [-0.3, -0.25) is 0 Å². The number of hydrogen-bond acceptors (Lipinski definition) is 3. The van der Waals surface area contributed by atoms with Gasteiger partial charge in [0.1, 0.15) is 6.10 Å². The summed E-state index contributed by atoms with van der Waals surface area (Å²) in [4.78, 5) is 4.13. The predicted octanol–water partition coefficient (Wildman–Crippen LogP) is 1.21. The van der Waals surface area contributed by atoms with Crippen molar-refractivity contribution in [1.29, 1.82) is 0 Å². The second-order valence-corrected chi connectivity index (χ2v) is 3.24. The fourth-order valence-electron chi connectivity index (χ4n) is 1.50. The zero-order valence-corrected chi connectivity index (χ0v) is 7.57. The van der Waals surface area contributed by atoms with Crippen LogP contribution in [0.15, 0.2) is 24.4 Å². The lowest BCUT2D eigenvalue weighted by atomic mass is 10.1. The molecule has 1 saturated heterocycles. The average molecular weight is 178 g/mol. The molecule has 0 saturated carbocycles. The smallest absolute Gasteiger partial charge is 0.213 e. The van der Waals surface area contributed by atoms with Crippen molar-refractivity contribution in [3.05, 3.63) is 24.4 Å². The molecule has 3 nitrogen and oxygen atoms in total. The molecule has 2 rings (SSSR count). The molecule has 1 aromatic heterocycles. The van der Waals surface area contributed by atoms with E-state index in [1.165, 1.54) is 0 Å². The van der Waals surface area contributed by atoms with Crippen LogP contribution in [0, 0.1) is 0 Å². The van der Waals surface area contributed by atoms with E-state index in [-0.39, 0.29) is 0 Å². The lowest BCUT2D eigenvalue weighted by Crippen LogP contribution is -2.34. The number of hydrogen-bond donors (Lipinski definition) is 1. The molecule has 0 bridgehead atoms. The minimum atomic E-state index is 0.344. The van der Waals surface area contributed by atoms with Gasteiger partial charge in [-0.1, -0.05) is 6.07 Å². The molecule has 0 spiro atoms. The highest BCUT2D eigenvalue weighted by Crippen LogP contribution is 2.12. The van der Waals surface area contributed by atoms with Gasteiger partial charge in [-0.2, -0.15) is 0 Å². The van der Waals surface area contributed by atoms with Crippen molar-refractivity contribution in [2.24, 2.45) is 0 Å². The maximum absolute atomic E-state index is 5.70. The molecular weight excluding hydrogens is 164 g/mol. The molecule has 0 aliphatic carbocycles. The van der Waals surface area contributed by atoms with Gasteiger partial charge in [-0.25, -0.2) is 4.98 Å². The molecule has 1 aromatic rings. The molecule has 0 radical (unpaired) electrons. The molecular formula is C10H14N2O. The lowest BCUT2D eigenvalue weighted by Gasteiger charge is -2.22. The molecule has 1 N–H and O–H groups in total. The summed E-state index contributed by atoms with van der Waals surface area (Å²) in [7, 11) is 0. The highest BCUT2D eigenvalue weighted by molar-refractivity contribution is 5.09. The van der Waals surface area contributed by atoms with Gasteiger partial charge in [0.2, 0.25) is 5.88 Å². The standard InChI is InChI=1S/C10H14N2O/c1-2-6-12-10(3-1)13-9-4-7-11-8-5-9/h1-3,6,9,11H,4-5,7-8H2. The van der Waals surface area contributed by atoms with E-state index in [4.69, 9.17) is 4.74 Å². The molecule has 1 aliphatic rings. The van der Waals surface area contributed by atoms with Crippen LogP contribution in [-0.4, -0.2) is 24.2 Å². The Balaban J connectivity index is 1.90. The summed E-state index contributed by atoms with van der Waals surface area (Å²) in [5.74, 6) is 0.745. The predicted molar refractivity (Wildman–Crippen MR) is 50.8 cm³/mol. The number of piperidine rings is 1. The monoisotopic (exact) mass is 178 g/mol. The Bertz CT molecular complexity index is 244. The number of aromatic nitrogens is 1. The van der Waals surface area contributed by atoms with E-state index in [1.54, 1.807) is 6.20 Å². The Kier molecular flexibility index (Phi) is 2.77. The number of pyridine rings is 1.